The Balaban J connectivity index is 2.34. The molecule has 2 rings (SSSR count). The molecule has 1 heterocycles. The Morgan fingerprint density at radius 2 is 2.15 bits per heavy atom. The fourth-order valence-electron chi connectivity index (χ4n) is 1.90. The number of nitrogens with two attached hydrogens (primary N) is 1. The molecule has 2 nitrogen and oxygen atoms in total. The van der Waals surface area contributed by atoms with Gasteiger partial charge in [-0.3, -0.25) is 0 Å². The minimum absolute atomic E-state index is 0.228. The van der Waals surface area contributed by atoms with Crippen molar-refractivity contribution in [3.8, 4) is 0 Å². The van der Waals surface area contributed by atoms with Gasteiger partial charge in [-0.2, -0.15) is 0 Å². The topological polar surface area (TPSA) is 38.9 Å². The van der Waals surface area contributed by atoms with E-state index in [1.165, 1.54) is 5.56 Å². The van der Waals surface area contributed by atoms with Gasteiger partial charge < -0.3 is 5.73 Å². The summed E-state index contributed by atoms with van der Waals surface area (Å²) in [6, 6.07) is 4.32. The van der Waals surface area contributed by atoms with Gasteiger partial charge in [-0.1, -0.05) is 19.9 Å². The maximum Gasteiger partial charge on any atom is 0.109 e. The van der Waals surface area contributed by atoms with Gasteiger partial charge >= 0.3 is 0 Å². The van der Waals surface area contributed by atoms with Gasteiger partial charge in [-0.15, -0.1) is 0 Å². The van der Waals surface area contributed by atoms with Gasteiger partial charge in [0.2, 0.25) is 0 Å². The monoisotopic (exact) mass is 240 g/mol. The Morgan fingerprint density at radius 1 is 1.54 bits per heavy atom. The number of nitrogens with zero attached hydrogens (tertiary/aromatic N) is 1. The first kappa shape index (κ1) is 9.16. The third kappa shape index (κ3) is 1.30. The van der Waals surface area contributed by atoms with E-state index >= 15 is 0 Å². The van der Waals surface area contributed by atoms with Gasteiger partial charge in [0.15, 0.2) is 0 Å². The summed E-state index contributed by atoms with van der Waals surface area (Å²) < 4.78 is 0.932. The van der Waals surface area contributed by atoms with Crippen LogP contribution in [0.1, 0.15) is 25.3 Å². The lowest BCUT2D eigenvalue weighted by Crippen LogP contribution is -2.06. The molecule has 13 heavy (non-hydrogen) atoms. The molecular weight excluding hydrogens is 228 g/mol. The van der Waals surface area contributed by atoms with Crippen molar-refractivity contribution in [1.82, 2.24) is 4.98 Å². The van der Waals surface area contributed by atoms with E-state index in [0.717, 1.165) is 4.60 Å². The highest BCUT2D eigenvalue weighted by molar-refractivity contribution is 9.10. The molecule has 0 aromatic carbocycles. The average Bonchev–Trinajstić information content (AvgIpc) is 2.54. The predicted octanol–water partition coefficient (Wildman–Crippen LogP) is 2.29. The zero-order valence-electron chi connectivity index (χ0n) is 7.79. The lowest BCUT2D eigenvalue weighted by molar-refractivity contribution is 0.598. The summed E-state index contributed by atoms with van der Waals surface area (Å²) in [7, 11) is 0. The first-order chi connectivity index (χ1) is 6.05. The van der Waals surface area contributed by atoms with Gasteiger partial charge in [0.05, 0.1) is 0 Å². The van der Waals surface area contributed by atoms with Gasteiger partial charge in [0.1, 0.15) is 4.60 Å². The number of rotatable bonds is 1. The van der Waals surface area contributed by atoms with Crippen LogP contribution in [0.2, 0.25) is 0 Å². The first-order valence-corrected chi connectivity index (χ1v) is 5.20. The minimum atomic E-state index is 0.228. The number of halogens is 1. The van der Waals surface area contributed by atoms with Crippen LogP contribution in [0.3, 0.4) is 0 Å². The van der Waals surface area contributed by atoms with Crippen LogP contribution in [0.4, 0.5) is 0 Å². The summed E-state index contributed by atoms with van der Waals surface area (Å²) in [5.41, 5.74) is 7.46. The van der Waals surface area contributed by atoms with Crippen LogP contribution in [-0.4, -0.2) is 11.0 Å². The van der Waals surface area contributed by atoms with Crippen LogP contribution in [0, 0.1) is 5.41 Å². The quantitative estimate of drug-likeness (QED) is 0.766. The van der Waals surface area contributed by atoms with Crippen molar-refractivity contribution in [2.75, 3.05) is 0 Å². The molecule has 1 aliphatic carbocycles. The first-order valence-electron chi connectivity index (χ1n) is 4.41. The molecule has 1 aliphatic rings. The van der Waals surface area contributed by atoms with E-state index in [1.54, 1.807) is 6.20 Å². The molecule has 0 bridgehead atoms. The third-order valence-electron chi connectivity index (χ3n) is 3.03. The normalized spacial score (nSPS) is 30.2. The molecule has 2 atom stereocenters. The Bertz CT molecular complexity index is 335. The fraction of sp³-hybridized carbons (Fsp3) is 0.500. The van der Waals surface area contributed by atoms with Crippen LogP contribution >= 0.6 is 15.9 Å². The number of pyridine rings is 1. The van der Waals surface area contributed by atoms with E-state index in [9.17, 15) is 0 Å². The maximum absolute atomic E-state index is 6.00. The second-order valence-electron chi connectivity index (χ2n) is 4.21. The van der Waals surface area contributed by atoms with E-state index < -0.39 is 0 Å². The Kier molecular flexibility index (Phi) is 1.96. The summed E-state index contributed by atoms with van der Waals surface area (Å²) in [4.78, 5) is 4.20. The van der Waals surface area contributed by atoms with E-state index in [-0.39, 0.29) is 11.5 Å². The molecule has 70 valence electrons. The summed E-state index contributed by atoms with van der Waals surface area (Å²) in [5.74, 6) is 0.454. The van der Waals surface area contributed by atoms with Crippen LogP contribution in [-0.2, 0) is 0 Å². The Hall–Kier alpha value is -0.410. The van der Waals surface area contributed by atoms with Gasteiger partial charge in [0.25, 0.3) is 0 Å². The zero-order valence-corrected chi connectivity index (χ0v) is 9.38. The molecule has 0 unspecified atom stereocenters. The van der Waals surface area contributed by atoms with Crippen molar-refractivity contribution in [2.24, 2.45) is 11.1 Å². The van der Waals surface area contributed by atoms with Crippen molar-refractivity contribution < 1.29 is 0 Å². The summed E-state index contributed by atoms with van der Waals surface area (Å²) in [6.07, 6.45) is 1.79. The fourth-order valence-corrected chi connectivity index (χ4v) is 2.40. The number of hydrogen-bond donors (Lipinski definition) is 1. The molecule has 1 saturated carbocycles. The SMILES string of the molecule is CC1(C)[C@H](N)[C@H]1c1cccnc1Br. The van der Waals surface area contributed by atoms with E-state index in [2.05, 4.69) is 40.8 Å². The molecule has 0 radical (unpaired) electrons. The molecule has 1 aromatic rings. The largest absolute Gasteiger partial charge is 0.327 e. The molecule has 3 heteroatoms. The highest BCUT2D eigenvalue weighted by atomic mass is 79.9. The van der Waals surface area contributed by atoms with Crippen molar-refractivity contribution >= 4 is 15.9 Å². The highest BCUT2D eigenvalue weighted by Crippen LogP contribution is 2.58. The zero-order chi connectivity index (χ0) is 9.64. The van der Waals surface area contributed by atoms with Gasteiger partial charge in [0, 0.05) is 18.2 Å². The molecule has 0 saturated heterocycles. The van der Waals surface area contributed by atoms with Crippen molar-refractivity contribution in [1.29, 1.82) is 0 Å². The van der Waals surface area contributed by atoms with Crippen LogP contribution < -0.4 is 5.73 Å². The Labute approximate surface area is 86.7 Å². The molecule has 2 N–H and O–H groups in total. The van der Waals surface area contributed by atoms with Crippen LogP contribution in [0.25, 0.3) is 0 Å². The Morgan fingerprint density at radius 3 is 2.62 bits per heavy atom. The summed E-state index contributed by atoms with van der Waals surface area (Å²) >= 11 is 3.45. The lowest BCUT2D eigenvalue weighted by atomic mass is 10.1. The van der Waals surface area contributed by atoms with Crippen molar-refractivity contribution in [2.45, 2.75) is 25.8 Å². The molecule has 1 fully saturated rings. The van der Waals surface area contributed by atoms with Gasteiger partial charge in [-0.05, 0) is 33.0 Å². The average molecular weight is 241 g/mol. The van der Waals surface area contributed by atoms with E-state index in [0.29, 0.717) is 5.92 Å². The van der Waals surface area contributed by atoms with Crippen molar-refractivity contribution in [3.05, 3.63) is 28.5 Å². The summed E-state index contributed by atoms with van der Waals surface area (Å²) in [5, 5.41) is 0. The number of hydrogen-bond acceptors (Lipinski definition) is 2. The lowest BCUT2D eigenvalue weighted by Gasteiger charge is -2.03. The minimum Gasteiger partial charge on any atom is -0.327 e. The standard InChI is InChI=1S/C10H13BrN2/c1-10(2)7(8(10)12)6-4-3-5-13-9(6)11/h3-5,7-8H,12H2,1-2H3/t7-,8-/m1/s1. The van der Waals surface area contributed by atoms with Crippen LogP contribution in [0.15, 0.2) is 22.9 Å². The number of aromatic nitrogens is 1. The molecule has 1 aromatic heterocycles. The molecule has 0 aliphatic heterocycles. The van der Waals surface area contributed by atoms with E-state index in [1.807, 2.05) is 6.07 Å². The maximum atomic E-state index is 6.00. The van der Waals surface area contributed by atoms with E-state index in [4.69, 9.17) is 5.73 Å². The summed E-state index contributed by atoms with van der Waals surface area (Å²) in [6.45, 7) is 4.39. The third-order valence-corrected chi connectivity index (χ3v) is 3.70. The highest BCUT2D eigenvalue weighted by Gasteiger charge is 2.56. The predicted molar refractivity (Wildman–Crippen MR) is 56.4 cm³/mol. The van der Waals surface area contributed by atoms with Gasteiger partial charge in [-0.25, -0.2) is 4.98 Å². The smallest absolute Gasteiger partial charge is 0.109 e. The molecular formula is C10H13BrN2. The molecule has 0 amide bonds. The second kappa shape index (κ2) is 2.79. The second-order valence-corrected chi connectivity index (χ2v) is 4.96. The molecule has 0 spiro atoms. The van der Waals surface area contributed by atoms with Crippen LogP contribution in [0.5, 0.6) is 0 Å². The van der Waals surface area contributed by atoms with Crippen molar-refractivity contribution in [3.63, 3.8) is 0 Å².